The van der Waals surface area contributed by atoms with Crippen LogP contribution in [0, 0.1) is 5.92 Å². The highest BCUT2D eigenvalue weighted by molar-refractivity contribution is 6.42. The van der Waals surface area contributed by atoms with Gasteiger partial charge in [-0.1, -0.05) is 65.7 Å². The van der Waals surface area contributed by atoms with Crippen LogP contribution in [-0.4, -0.2) is 37.0 Å². The van der Waals surface area contributed by atoms with Crippen LogP contribution in [0.3, 0.4) is 0 Å². The minimum absolute atomic E-state index is 0.121. The van der Waals surface area contributed by atoms with Gasteiger partial charge in [-0.25, -0.2) is 4.79 Å². The molecule has 1 saturated heterocycles. The van der Waals surface area contributed by atoms with Gasteiger partial charge in [-0.3, -0.25) is 9.69 Å². The predicted molar refractivity (Wildman–Crippen MR) is 114 cm³/mol. The number of carbonyl (C=O) groups excluding carboxylic acids is 2. The molecule has 0 saturated carbocycles. The van der Waals surface area contributed by atoms with Crippen LogP contribution in [0.25, 0.3) is 0 Å². The molecule has 3 rings (SSSR count). The number of piperidine rings is 1. The molecule has 2 aromatic carbocycles. The van der Waals surface area contributed by atoms with Crippen LogP contribution in [0.2, 0.25) is 10.0 Å². The van der Waals surface area contributed by atoms with Gasteiger partial charge in [0.1, 0.15) is 0 Å². The Morgan fingerprint density at radius 1 is 1.10 bits per heavy atom. The second-order valence-electron chi connectivity index (χ2n) is 7.14. The maximum atomic E-state index is 12.8. The number of esters is 1. The van der Waals surface area contributed by atoms with Crippen LogP contribution in [-0.2, 0) is 20.9 Å². The molecule has 29 heavy (non-hydrogen) atoms. The van der Waals surface area contributed by atoms with E-state index in [1.807, 2.05) is 30.3 Å². The summed E-state index contributed by atoms with van der Waals surface area (Å²) in [5.41, 5.74) is 1.69. The van der Waals surface area contributed by atoms with Crippen LogP contribution >= 0.6 is 23.2 Å². The quantitative estimate of drug-likeness (QED) is 0.690. The highest BCUT2D eigenvalue weighted by Crippen LogP contribution is 2.28. The van der Waals surface area contributed by atoms with E-state index in [2.05, 4.69) is 10.2 Å². The number of nitrogens with zero attached hydrogens (tertiary/aromatic N) is 1. The summed E-state index contributed by atoms with van der Waals surface area (Å²) in [7, 11) is 1.32. The Morgan fingerprint density at radius 3 is 2.45 bits per heavy atom. The van der Waals surface area contributed by atoms with Gasteiger partial charge in [0.25, 0.3) is 0 Å². The van der Waals surface area contributed by atoms with Crippen LogP contribution < -0.4 is 5.32 Å². The Balaban J connectivity index is 1.57. The van der Waals surface area contributed by atoms with Crippen molar-refractivity contribution in [1.29, 1.82) is 0 Å². The van der Waals surface area contributed by atoms with E-state index >= 15 is 0 Å². The highest BCUT2D eigenvalue weighted by atomic mass is 35.5. The maximum Gasteiger partial charge on any atom is 0.333 e. The lowest BCUT2D eigenvalue weighted by Crippen LogP contribution is -2.43. The third kappa shape index (κ3) is 5.50. The largest absolute Gasteiger partial charge is 0.467 e. The summed E-state index contributed by atoms with van der Waals surface area (Å²) >= 11 is 12.4. The van der Waals surface area contributed by atoms with Gasteiger partial charge in [0.2, 0.25) is 5.91 Å². The number of hydrogen-bond acceptors (Lipinski definition) is 4. The third-order valence-electron chi connectivity index (χ3n) is 5.24. The summed E-state index contributed by atoms with van der Waals surface area (Å²) in [6.07, 6.45) is 1.43. The van der Waals surface area contributed by atoms with Gasteiger partial charge in [-0.2, -0.15) is 0 Å². The maximum absolute atomic E-state index is 12.8. The summed E-state index contributed by atoms with van der Waals surface area (Å²) in [5, 5.41) is 3.99. The van der Waals surface area contributed by atoms with Gasteiger partial charge in [-0.15, -0.1) is 0 Å². The van der Waals surface area contributed by atoms with Crippen LogP contribution in [0.1, 0.15) is 30.0 Å². The van der Waals surface area contributed by atoms with Gasteiger partial charge in [0, 0.05) is 12.5 Å². The highest BCUT2D eigenvalue weighted by Gasteiger charge is 2.30. The first-order chi connectivity index (χ1) is 14.0. The summed E-state index contributed by atoms with van der Waals surface area (Å²) in [4.78, 5) is 27.2. The normalized spacial score (nSPS) is 16.2. The molecule has 0 bridgehead atoms. The van der Waals surface area contributed by atoms with Gasteiger partial charge >= 0.3 is 5.97 Å². The average molecular weight is 435 g/mol. The number of carbonyl (C=O) groups is 2. The first kappa shape index (κ1) is 21.6. The number of nitrogens with one attached hydrogen (secondary N) is 1. The number of halogens is 2. The lowest BCUT2D eigenvalue weighted by Gasteiger charge is -2.32. The van der Waals surface area contributed by atoms with Gasteiger partial charge < -0.3 is 10.1 Å². The molecule has 1 amide bonds. The summed E-state index contributed by atoms with van der Waals surface area (Å²) in [6, 6.07) is 14.0. The molecule has 1 heterocycles. The van der Waals surface area contributed by atoms with E-state index in [1.165, 1.54) is 7.11 Å². The molecule has 2 aromatic rings. The zero-order valence-corrected chi connectivity index (χ0v) is 17.7. The summed E-state index contributed by atoms with van der Waals surface area (Å²) < 4.78 is 4.87. The lowest BCUT2D eigenvalue weighted by molar-refractivity contribution is -0.146. The molecule has 154 valence electrons. The fourth-order valence-corrected chi connectivity index (χ4v) is 3.95. The van der Waals surface area contributed by atoms with Gasteiger partial charge in [-0.05, 0) is 43.1 Å². The number of methoxy groups -OCH3 is 1. The van der Waals surface area contributed by atoms with E-state index in [-0.39, 0.29) is 11.8 Å². The van der Waals surface area contributed by atoms with E-state index in [0.717, 1.165) is 18.7 Å². The monoisotopic (exact) mass is 434 g/mol. The Labute approximate surface area is 180 Å². The number of benzene rings is 2. The first-order valence-corrected chi connectivity index (χ1v) is 10.3. The Kier molecular flexibility index (Phi) is 7.53. The van der Waals surface area contributed by atoms with E-state index in [4.69, 9.17) is 27.9 Å². The number of ether oxygens (including phenoxy) is 1. The molecule has 1 aliphatic rings. The first-order valence-electron chi connectivity index (χ1n) is 9.58. The lowest BCUT2D eigenvalue weighted by atomic mass is 9.94. The van der Waals surface area contributed by atoms with Crippen molar-refractivity contribution in [3.63, 3.8) is 0 Å². The third-order valence-corrected chi connectivity index (χ3v) is 6.10. The molecule has 0 spiro atoms. The average Bonchev–Trinajstić information content (AvgIpc) is 2.75. The molecule has 1 N–H and O–H groups in total. The fraction of sp³-hybridized carbons (Fsp3) is 0.364. The predicted octanol–water partition coefficient (Wildman–Crippen LogP) is 4.24. The van der Waals surface area contributed by atoms with Gasteiger partial charge in [0.15, 0.2) is 6.04 Å². The minimum atomic E-state index is -0.794. The smallest absolute Gasteiger partial charge is 0.333 e. The Bertz CT molecular complexity index is 852. The molecule has 0 aliphatic carbocycles. The molecule has 5 nitrogen and oxygen atoms in total. The van der Waals surface area contributed by atoms with E-state index in [1.54, 1.807) is 18.2 Å². The molecule has 1 fully saturated rings. The fourth-order valence-electron chi connectivity index (χ4n) is 3.57. The second kappa shape index (κ2) is 10.1. The second-order valence-corrected chi connectivity index (χ2v) is 7.92. The molecule has 1 aliphatic heterocycles. The Morgan fingerprint density at radius 2 is 1.79 bits per heavy atom. The van der Waals surface area contributed by atoms with E-state index in [0.29, 0.717) is 35.0 Å². The number of amides is 1. The van der Waals surface area contributed by atoms with E-state index in [9.17, 15) is 9.59 Å². The van der Waals surface area contributed by atoms with Crippen molar-refractivity contribution in [2.45, 2.75) is 25.4 Å². The van der Waals surface area contributed by atoms with Crippen molar-refractivity contribution in [1.82, 2.24) is 10.2 Å². The van der Waals surface area contributed by atoms with Crippen molar-refractivity contribution in [3.05, 3.63) is 69.7 Å². The standard InChI is InChI=1S/C22H24Cl2N2O3/c1-29-22(28)20(15-6-3-2-4-7-15)25-21(27)16-10-12-26(13-11-16)14-17-8-5-9-18(23)19(17)24/h2-9,16,20H,10-14H2,1H3,(H,25,27). The Hall–Kier alpha value is -2.08. The molecule has 1 unspecified atom stereocenters. The SMILES string of the molecule is COC(=O)C(NC(=O)C1CCN(Cc2cccc(Cl)c2Cl)CC1)c1ccccc1. The van der Waals surface area contributed by atoms with Crippen molar-refractivity contribution in [2.24, 2.45) is 5.92 Å². The van der Waals surface area contributed by atoms with Crippen LogP contribution in [0.5, 0.6) is 0 Å². The number of rotatable bonds is 6. The summed E-state index contributed by atoms with van der Waals surface area (Å²) in [6.45, 7) is 2.24. The van der Waals surface area contributed by atoms with Crippen molar-refractivity contribution in [2.75, 3.05) is 20.2 Å². The molecule has 1 atom stereocenters. The molecule has 7 heteroatoms. The van der Waals surface area contributed by atoms with Gasteiger partial charge in [0.05, 0.1) is 17.2 Å². The van der Waals surface area contributed by atoms with Crippen molar-refractivity contribution >= 4 is 35.1 Å². The molecule has 0 aromatic heterocycles. The van der Waals surface area contributed by atoms with Crippen LogP contribution in [0.4, 0.5) is 0 Å². The molecular weight excluding hydrogens is 411 g/mol. The minimum Gasteiger partial charge on any atom is -0.467 e. The topological polar surface area (TPSA) is 58.6 Å². The van der Waals surface area contributed by atoms with Crippen molar-refractivity contribution in [3.8, 4) is 0 Å². The summed E-state index contributed by atoms with van der Waals surface area (Å²) in [5.74, 6) is -0.737. The van der Waals surface area contributed by atoms with Crippen LogP contribution in [0.15, 0.2) is 48.5 Å². The zero-order valence-electron chi connectivity index (χ0n) is 16.2. The molecular formula is C22H24Cl2N2O3. The molecule has 0 radical (unpaired) electrons. The number of hydrogen-bond donors (Lipinski definition) is 1. The zero-order chi connectivity index (χ0) is 20.8. The van der Waals surface area contributed by atoms with E-state index < -0.39 is 12.0 Å². The van der Waals surface area contributed by atoms with Crippen molar-refractivity contribution < 1.29 is 14.3 Å². The number of likely N-dealkylation sites (tertiary alicyclic amines) is 1.